The molecule has 10 N–H and O–H groups in total. The molecule has 0 amide bonds. The first-order valence-corrected chi connectivity index (χ1v) is 24.1. The molecule has 4 aliphatic rings. The topological polar surface area (TPSA) is 352 Å². The van der Waals surface area contributed by atoms with E-state index in [0.29, 0.717) is 108 Å². The van der Waals surface area contributed by atoms with Crippen LogP contribution in [0, 0.1) is 0 Å². The molecule has 4 aliphatic carbocycles. The fraction of sp³-hybridized carbons (Fsp3) is 0.571. The molecule has 0 aliphatic heterocycles. The lowest BCUT2D eigenvalue weighted by Crippen LogP contribution is -2.43. The Labute approximate surface area is 405 Å². The number of nitrogens with zero attached hydrogens (tertiary/aromatic N) is 14. The maximum Gasteiger partial charge on any atom is 0.253 e. The van der Waals surface area contributed by atoms with Crippen molar-refractivity contribution < 1.29 is 30.6 Å². The molecule has 4 saturated carbocycles. The second kappa shape index (κ2) is 18.6. The molecule has 0 unspecified atom stereocenters. The lowest BCUT2D eigenvalue weighted by Gasteiger charge is -2.33. The zero-order valence-electron chi connectivity index (χ0n) is 37.2. The first-order chi connectivity index (χ1) is 33.8. The quantitative estimate of drug-likeness (QED) is 0.0524. The van der Waals surface area contributed by atoms with Gasteiger partial charge in [0.25, 0.3) is 10.9 Å². The van der Waals surface area contributed by atoms with E-state index < -0.39 is 59.4 Å². The van der Waals surface area contributed by atoms with Crippen molar-refractivity contribution in [3.63, 3.8) is 0 Å². The third-order valence-corrected chi connectivity index (χ3v) is 14.9. The summed E-state index contributed by atoms with van der Waals surface area (Å²) in [6, 6.07) is -2.67. The first-order valence-electron chi connectivity index (χ1n) is 23.3. The van der Waals surface area contributed by atoms with Crippen LogP contribution in [0.15, 0.2) is 34.6 Å². The van der Waals surface area contributed by atoms with Gasteiger partial charge in [0.1, 0.15) is 59.3 Å². The number of aromatic nitrogens is 14. The van der Waals surface area contributed by atoms with Gasteiger partial charge in [0.15, 0.2) is 34.0 Å². The number of hydrogen-bond acceptors (Lipinski definition) is 22. The van der Waals surface area contributed by atoms with Gasteiger partial charge in [-0.05, 0) is 87.4 Å². The Kier molecular flexibility index (Phi) is 12.3. The molecule has 0 bridgehead atoms. The number of nitrogens with one attached hydrogen (secondary N) is 4. The molecule has 6 heterocycles. The fourth-order valence-corrected chi connectivity index (χ4v) is 11.1. The van der Waals surface area contributed by atoms with Gasteiger partial charge >= 0.3 is 0 Å². The lowest BCUT2D eigenvalue weighted by molar-refractivity contribution is 0.00491. The molecule has 6 aromatic heterocycles. The van der Waals surface area contributed by atoms with E-state index in [-0.39, 0.29) is 60.8 Å². The average molecular weight is 1010 g/mol. The first kappa shape index (κ1) is 46.4. The molecule has 370 valence electrons. The zero-order chi connectivity index (χ0) is 48.5. The normalized spacial score (nSPS) is 29.4. The Morgan fingerprint density at radius 2 is 0.886 bits per heavy atom. The summed E-state index contributed by atoms with van der Waals surface area (Å²) in [5, 5.41) is 93.2. The van der Waals surface area contributed by atoms with Gasteiger partial charge in [-0.1, -0.05) is 0 Å². The number of hydrogen-bond donors (Lipinski definition) is 10. The van der Waals surface area contributed by atoms with E-state index in [4.69, 9.17) is 23.2 Å². The van der Waals surface area contributed by atoms with E-state index in [1.54, 1.807) is 9.13 Å². The number of aliphatic hydroxyl groups excluding tert-OH is 6. The molecule has 8 atom stereocenters. The van der Waals surface area contributed by atoms with Crippen molar-refractivity contribution in [1.82, 2.24) is 69.0 Å². The Hall–Kier alpha value is -6.00. The summed E-state index contributed by atoms with van der Waals surface area (Å²) in [6.07, 6.45) is 7.33. The minimum absolute atomic E-state index is 0.0123. The van der Waals surface area contributed by atoms with E-state index in [1.807, 2.05) is 0 Å². The third kappa shape index (κ3) is 8.37. The van der Waals surface area contributed by atoms with Crippen molar-refractivity contribution >= 4 is 68.5 Å². The summed E-state index contributed by atoms with van der Waals surface area (Å²) in [5.41, 5.74) is 1.89. The minimum Gasteiger partial charge on any atom is -0.390 e. The van der Waals surface area contributed by atoms with Crippen molar-refractivity contribution in [3.8, 4) is 0 Å². The SMILES string of the molecule is O=c1c(NC2CCC(Nc3nc(Cl)nc4c3ncn4[C@@H]3C[C@H](n4ncc(CO)n4)[C@@H](O)[C@H]3O)CC2)c(NC2CCC(Nc3nc(Cl)nc4c3ncn4[C@@H]3C[C@H](n4ncc(CO)n4)[C@@H](O)[C@H]3O)CC2)c1=O. The largest absolute Gasteiger partial charge is 0.390 e. The predicted molar refractivity (Wildman–Crippen MR) is 250 cm³/mol. The van der Waals surface area contributed by atoms with Crippen molar-refractivity contribution in [3.05, 3.63) is 67.5 Å². The Bertz CT molecular complexity index is 2900. The molecule has 70 heavy (non-hydrogen) atoms. The standard InChI is InChI=1S/C42H50Cl2N18O8/c43-41-53-37(29-39(55-41)59(15-45-29)23-9-25(33(67)31(23)65)61-47-11-21(13-63)57-61)51-19-5-1-17(2-6-19)49-27-28(36(70)35(27)69)50-18-3-7-20(8-4-18)52-38-30-40(56-42(44)54-38)60(16-46-30)24-10-26(34(68)32(24)66)62-48-12-22(14-64)58-62/h11-12,15-20,23-26,31-34,49-50,63-68H,1-10,13-14H2,(H,51,53,55)(H,52,54,56)/t17?,18?,19?,20?,23-,24-,25+,26+,31+,32+,33-,34-/m1/s1. The molecular formula is C42H50Cl2N18O8. The van der Waals surface area contributed by atoms with E-state index in [0.717, 1.165) is 0 Å². The van der Waals surface area contributed by atoms with Gasteiger partial charge < -0.3 is 61.0 Å². The van der Waals surface area contributed by atoms with Crippen molar-refractivity contribution in [2.24, 2.45) is 0 Å². The molecule has 1 aromatic carbocycles. The number of anilines is 4. The van der Waals surface area contributed by atoms with Crippen LogP contribution < -0.4 is 32.1 Å². The van der Waals surface area contributed by atoms with Crippen LogP contribution in [-0.2, 0) is 13.2 Å². The summed E-state index contributed by atoms with van der Waals surface area (Å²) in [6.45, 7) is -0.606. The van der Waals surface area contributed by atoms with Crippen molar-refractivity contribution in [2.75, 3.05) is 21.3 Å². The summed E-state index contributed by atoms with van der Waals surface area (Å²) in [4.78, 5) is 55.3. The van der Waals surface area contributed by atoms with E-state index in [1.165, 1.54) is 34.6 Å². The van der Waals surface area contributed by atoms with Crippen molar-refractivity contribution in [1.29, 1.82) is 0 Å². The van der Waals surface area contributed by atoms with Crippen LogP contribution in [0.2, 0.25) is 10.6 Å². The van der Waals surface area contributed by atoms with Crippen LogP contribution in [0.4, 0.5) is 23.0 Å². The Morgan fingerprint density at radius 3 is 1.24 bits per heavy atom. The van der Waals surface area contributed by atoms with Crippen LogP contribution in [0.3, 0.4) is 0 Å². The highest BCUT2D eigenvalue weighted by atomic mass is 35.5. The highest BCUT2D eigenvalue weighted by molar-refractivity contribution is 6.29. The number of rotatable bonds is 14. The van der Waals surface area contributed by atoms with Gasteiger partial charge in [-0.2, -0.15) is 49.9 Å². The molecule has 0 saturated heterocycles. The summed E-state index contributed by atoms with van der Waals surface area (Å²) in [7, 11) is 0. The van der Waals surface area contributed by atoms with Gasteiger partial charge in [0.05, 0.1) is 50.3 Å². The Morgan fingerprint density at radius 1 is 0.529 bits per heavy atom. The molecule has 4 fully saturated rings. The van der Waals surface area contributed by atoms with Gasteiger partial charge in [-0.25, -0.2) is 9.97 Å². The molecule has 7 aromatic rings. The van der Waals surface area contributed by atoms with Crippen LogP contribution in [-0.4, -0.2) is 148 Å². The van der Waals surface area contributed by atoms with Crippen LogP contribution in [0.1, 0.15) is 99.8 Å². The molecule has 0 radical (unpaired) electrons. The molecule has 26 nitrogen and oxygen atoms in total. The highest BCUT2D eigenvalue weighted by Gasteiger charge is 2.47. The molecule has 11 rings (SSSR count). The maximum absolute atomic E-state index is 12.9. The number of imidazole rings is 2. The second-order valence-corrected chi connectivity index (χ2v) is 19.4. The van der Waals surface area contributed by atoms with Crippen LogP contribution in [0.25, 0.3) is 22.3 Å². The van der Waals surface area contributed by atoms with Gasteiger partial charge in [0, 0.05) is 24.2 Å². The number of fused-ring (bicyclic) bond motifs is 2. The number of halogens is 2. The monoisotopic (exact) mass is 1000 g/mol. The second-order valence-electron chi connectivity index (χ2n) is 18.7. The van der Waals surface area contributed by atoms with Crippen LogP contribution in [0.5, 0.6) is 0 Å². The lowest BCUT2D eigenvalue weighted by atomic mass is 9.90. The van der Waals surface area contributed by atoms with Crippen LogP contribution >= 0.6 is 23.2 Å². The summed E-state index contributed by atoms with van der Waals surface area (Å²) >= 11 is 12.9. The zero-order valence-corrected chi connectivity index (χ0v) is 38.8. The van der Waals surface area contributed by atoms with E-state index in [2.05, 4.69) is 71.6 Å². The third-order valence-electron chi connectivity index (χ3n) is 14.5. The maximum atomic E-state index is 12.9. The van der Waals surface area contributed by atoms with Crippen molar-refractivity contribution in [2.45, 2.75) is 150 Å². The van der Waals surface area contributed by atoms with Gasteiger partial charge in [0.2, 0.25) is 10.6 Å². The number of aliphatic hydroxyl groups is 6. The minimum atomic E-state index is -1.19. The summed E-state index contributed by atoms with van der Waals surface area (Å²) < 4.78 is 3.35. The van der Waals surface area contributed by atoms with E-state index >= 15 is 0 Å². The smallest absolute Gasteiger partial charge is 0.253 e. The highest BCUT2D eigenvalue weighted by Crippen LogP contribution is 2.42. The van der Waals surface area contributed by atoms with E-state index in [9.17, 15) is 40.2 Å². The molecule has 28 heteroatoms. The predicted octanol–water partition coefficient (Wildman–Crippen LogP) is 0.523. The molecular weight excluding hydrogens is 955 g/mol. The van der Waals surface area contributed by atoms with Gasteiger partial charge in [-0.15, -0.1) is 0 Å². The summed E-state index contributed by atoms with van der Waals surface area (Å²) in [5.74, 6) is 0.860. The fourth-order valence-electron chi connectivity index (χ4n) is 10.8. The van der Waals surface area contributed by atoms with Gasteiger partial charge in [-0.3, -0.25) is 9.59 Å². The molecule has 0 spiro atoms. The Balaban J connectivity index is 0.684. The average Bonchev–Trinajstić information content (AvgIpc) is 4.25.